The number of aliphatic hydroxyl groups excluding tert-OH is 1. The van der Waals surface area contributed by atoms with E-state index in [-0.39, 0.29) is 6.61 Å². The molecule has 0 fully saturated rings. The monoisotopic (exact) mass is 220 g/mol. The molecule has 0 saturated heterocycles. The van der Waals surface area contributed by atoms with Crippen LogP contribution in [0.3, 0.4) is 0 Å². The van der Waals surface area contributed by atoms with Crippen LogP contribution in [0, 0.1) is 0 Å². The van der Waals surface area contributed by atoms with Gasteiger partial charge in [-0.25, -0.2) is 0 Å². The van der Waals surface area contributed by atoms with Gasteiger partial charge in [0.05, 0.1) is 20.8 Å². The van der Waals surface area contributed by atoms with E-state index in [2.05, 4.69) is 15.4 Å². The Morgan fingerprint density at radius 2 is 2.25 bits per heavy atom. The molecule has 6 heteroatoms. The Bertz CT molecular complexity index is 495. The van der Waals surface area contributed by atoms with E-state index in [1.807, 2.05) is 6.07 Å². The van der Waals surface area contributed by atoms with Gasteiger partial charge in [0.2, 0.25) is 5.82 Å². The number of aromatic nitrogens is 4. The number of aryl methyl sites for hydroxylation is 1. The van der Waals surface area contributed by atoms with Crippen molar-refractivity contribution in [3.05, 3.63) is 23.8 Å². The summed E-state index contributed by atoms with van der Waals surface area (Å²) in [6, 6.07) is 5.39. The van der Waals surface area contributed by atoms with Crippen LogP contribution in [0.4, 0.5) is 0 Å². The van der Waals surface area contributed by atoms with Crippen LogP contribution in [0.2, 0.25) is 0 Å². The van der Waals surface area contributed by atoms with Crippen molar-refractivity contribution in [2.45, 2.75) is 6.61 Å². The lowest BCUT2D eigenvalue weighted by atomic mass is 10.1. The van der Waals surface area contributed by atoms with E-state index in [1.165, 1.54) is 4.80 Å². The first-order valence-electron chi connectivity index (χ1n) is 4.76. The van der Waals surface area contributed by atoms with Gasteiger partial charge < -0.3 is 9.84 Å². The Morgan fingerprint density at radius 3 is 2.81 bits per heavy atom. The summed E-state index contributed by atoms with van der Waals surface area (Å²) in [6.45, 7) is -0.0860. The molecule has 0 bridgehead atoms. The Labute approximate surface area is 92.5 Å². The molecule has 0 aliphatic heterocycles. The number of rotatable bonds is 3. The van der Waals surface area contributed by atoms with Crippen LogP contribution in [0.5, 0.6) is 5.75 Å². The second-order valence-electron chi connectivity index (χ2n) is 3.29. The van der Waals surface area contributed by atoms with E-state index in [9.17, 15) is 5.11 Å². The lowest BCUT2D eigenvalue weighted by Gasteiger charge is -2.06. The van der Waals surface area contributed by atoms with Gasteiger partial charge in [0.15, 0.2) is 0 Å². The number of methoxy groups -OCH3 is 1. The van der Waals surface area contributed by atoms with Gasteiger partial charge in [-0.15, -0.1) is 10.2 Å². The van der Waals surface area contributed by atoms with Gasteiger partial charge in [0.25, 0.3) is 0 Å². The summed E-state index contributed by atoms with van der Waals surface area (Å²) < 4.78 is 5.11. The second-order valence-corrected chi connectivity index (χ2v) is 3.29. The first-order valence-corrected chi connectivity index (χ1v) is 4.76. The van der Waals surface area contributed by atoms with Crippen molar-refractivity contribution in [2.24, 2.45) is 7.05 Å². The SMILES string of the molecule is COc1ccc(-c2nnn(C)n2)cc1CO. The molecule has 0 atom stereocenters. The predicted molar refractivity (Wildman–Crippen MR) is 56.7 cm³/mol. The number of aliphatic hydroxyl groups is 1. The number of benzene rings is 1. The first-order chi connectivity index (χ1) is 7.74. The summed E-state index contributed by atoms with van der Waals surface area (Å²) in [5.74, 6) is 1.18. The zero-order valence-corrected chi connectivity index (χ0v) is 9.08. The Hall–Kier alpha value is -1.95. The van der Waals surface area contributed by atoms with Crippen LogP contribution in [-0.4, -0.2) is 32.4 Å². The van der Waals surface area contributed by atoms with E-state index in [4.69, 9.17) is 4.74 Å². The second kappa shape index (κ2) is 4.28. The van der Waals surface area contributed by atoms with Crippen molar-refractivity contribution < 1.29 is 9.84 Å². The van der Waals surface area contributed by atoms with E-state index in [0.717, 1.165) is 5.56 Å². The van der Waals surface area contributed by atoms with E-state index in [1.54, 1.807) is 26.3 Å². The molecule has 0 amide bonds. The molecule has 0 radical (unpaired) electrons. The van der Waals surface area contributed by atoms with Gasteiger partial charge in [0, 0.05) is 11.1 Å². The van der Waals surface area contributed by atoms with Crippen molar-refractivity contribution in [1.82, 2.24) is 20.2 Å². The summed E-state index contributed by atoms with van der Waals surface area (Å²) in [5, 5.41) is 20.9. The maximum absolute atomic E-state index is 9.18. The molecule has 84 valence electrons. The number of hydrogen-bond donors (Lipinski definition) is 1. The van der Waals surface area contributed by atoms with E-state index in [0.29, 0.717) is 17.1 Å². The third-order valence-corrected chi connectivity index (χ3v) is 2.22. The molecule has 6 nitrogen and oxygen atoms in total. The minimum atomic E-state index is -0.0860. The Balaban J connectivity index is 2.43. The number of nitrogens with zero attached hydrogens (tertiary/aromatic N) is 4. The number of tetrazole rings is 1. The summed E-state index contributed by atoms with van der Waals surface area (Å²) in [4.78, 5) is 1.39. The minimum absolute atomic E-state index is 0.0860. The third-order valence-electron chi connectivity index (χ3n) is 2.22. The fourth-order valence-corrected chi connectivity index (χ4v) is 1.44. The molecular formula is C10H12N4O2. The van der Waals surface area contributed by atoms with Gasteiger partial charge in [-0.1, -0.05) is 0 Å². The maximum Gasteiger partial charge on any atom is 0.204 e. The smallest absolute Gasteiger partial charge is 0.204 e. The largest absolute Gasteiger partial charge is 0.496 e. The molecular weight excluding hydrogens is 208 g/mol. The molecule has 0 saturated carbocycles. The molecule has 1 heterocycles. The van der Waals surface area contributed by atoms with E-state index >= 15 is 0 Å². The third kappa shape index (κ3) is 1.87. The lowest BCUT2D eigenvalue weighted by molar-refractivity contribution is 0.274. The molecule has 0 aliphatic carbocycles. The molecule has 0 aliphatic rings. The normalized spacial score (nSPS) is 10.4. The van der Waals surface area contributed by atoms with Crippen LogP contribution >= 0.6 is 0 Å². The van der Waals surface area contributed by atoms with Crippen molar-refractivity contribution in [1.29, 1.82) is 0 Å². The Morgan fingerprint density at radius 1 is 1.44 bits per heavy atom. The average molecular weight is 220 g/mol. The zero-order valence-electron chi connectivity index (χ0n) is 9.08. The van der Waals surface area contributed by atoms with Gasteiger partial charge in [-0.2, -0.15) is 4.80 Å². The summed E-state index contributed by atoms with van der Waals surface area (Å²) >= 11 is 0. The molecule has 0 unspecified atom stereocenters. The van der Waals surface area contributed by atoms with Gasteiger partial charge in [-0.05, 0) is 23.4 Å². The highest BCUT2D eigenvalue weighted by molar-refractivity contribution is 5.57. The van der Waals surface area contributed by atoms with Crippen molar-refractivity contribution >= 4 is 0 Å². The van der Waals surface area contributed by atoms with Gasteiger partial charge in [0.1, 0.15) is 5.75 Å². The number of ether oxygens (including phenoxy) is 1. The van der Waals surface area contributed by atoms with Crippen LogP contribution in [0.15, 0.2) is 18.2 Å². The first kappa shape index (κ1) is 10.6. The highest BCUT2D eigenvalue weighted by Crippen LogP contribution is 2.24. The molecule has 2 rings (SSSR count). The average Bonchev–Trinajstić information content (AvgIpc) is 2.75. The maximum atomic E-state index is 9.18. The molecule has 1 aromatic heterocycles. The summed E-state index contributed by atoms with van der Waals surface area (Å²) in [6.07, 6.45) is 0. The van der Waals surface area contributed by atoms with Crippen LogP contribution in [0.25, 0.3) is 11.4 Å². The number of hydrogen-bond acceptors (Lipinski definition) is 5. The van der Waals surface area contributed by atoms with Crippen LogP contribution < -0.4 is 4.74 Å². The quantitative estimate of drug-likeness (QED) is 0.809. The highest BCUT2D eigenvalue weighted by atomic mass is 16.5. The summed E-state index contributed by atoms with van der Waals surface area (Å²) in [7, 11) is 3.27. The van der Waals surface area contributed by atoms with Gasteiger partial charge >= 0.3 is 0 Å². The summed E-state index contributed by atoms with van der Waals surface area (Å²) in [5.41, 5.74) is 1.51. The molecule has 1 aromatic carbocycles. The van der Waals surface area contributed by atoms with Crippen molar-refractivity contribution in [3.8, 4) is 17.1 Å². The van der Waals surface area contributed by atoms with E-state index < -0.39 is 0 Å². The molecule has 1 N–H and O–H groups in total. The topological polar surface area (TPSA) is 73.1 Å². The van der Waals surface area contributed by atoms with Crippen LogP contribution in [0.1, 0.15) is 5.56 Å². The van der Waals surface area contributed by atoms with Gasteiger partial charge in [-0.3, -0.25) is 0 Å². The highest BCUT2D eigenvalue weighted by Gasteiger charge is 2.08. The van der Waals surface area contributed by atoms with Crippen molar-refractivity contribution in [3.63, 3.8) is 0 Å². The fourth-order valence-electron chi connectivity index (χ4n) is 1.44. The minimum Gasteiger partial charge on any atom is -0.496 e. The zero-order chi connectivity index (χ0) is 11.5. The molecule has 0 spiro atoms. The molecule has 2 aromatic rings. The fraction of sp³-hybridized carbons (Fsp3) is 0.300. The predicted octanol–water partition coefficient (Wildman–Crippen LogP) is 0.378. The van der Waals surface area contributed by atoms with Crippen LogP contribution in [-0.2, 0) is 13.7 Å². The van der Waals surface area contributed by atoms with Crippen molar-refractivity contribution in [2.75, 3.05) is 7.11 Å². The standard InChI is InChI=1S/C10H12N4O2/c1-14-12-10(11-13-14)7-3-4-9(16-2)8(5-7)6-15/h3-5,15H,6H2,1-2H3. The lowest BCUT2D eigenvalue weighted by Crippen LogP contribution is -1.94. The molecule has 16 heavy (non-hydrogen) atoms. The Kier molecular flexibility index (Phi) is 2.82.